The minimum Gasteiger partial charge on any atom is -0.338 e. The highest BCUT2D eigenvalue weighted by atomic mass is 35.5. The molecule has 5 nitrogen and oxygen atoms in total. The number of hydrogen-bond donors (Lipinski definition) is 2. The van der Waals surface area contributed by atoms with Crippen LogP contribution in [-0.4, -0.2) is 62.2 Å². The fourth-order valence-electron chi connectivity index (χ4n) is 3.40. The number of sulfone groups is 1. The first-order chi connectivity index (χ1) is 11.3. The second-order valence-corrected chi connectivity index (χ2v) is 9.66. The second-order valence-electron chi connectivity index (χ2n) is 6.64. The number of nitrogens with one attached hydrogen (secondary N) is 2. The van der Waals surface area contributed by atoms with Gasteiger partial charge in [0.1, 0.15) is 11.8 Å². The molecule has 0 amide bonds. The maximum absolute atomic E-state index is 11.6. The molecule has 0 saturated carbocycles. The van der Waals surface area contributed by atoms with E-state index in [0.717, 1.165) is 48.9 Å². The summed E-state index contributed by atoms with van der Waals surface area (Å²) in [7, 11) is -2.81. The van der Waals surface area contributed by atoms with Crippen molar-refractivity contribution in [2.45, 2.75) is 19.4 Å². The van der Waals surface area contributed by atoms with Crippen LogP contribution in [-0.2, 0) is 9.84 Å². The van der Waals surface area contributed by atoms with Crippen LogP contribution in [0.2, 0.25) is 5.02 Å². The van der Waals surface area contributed by atoms with Crippen molar-refractivity contribution in [1.82, 2.24) is 4.90 Å². The van der Waals surface area contributed by atoms with E-state index in [1.807, 2.05) is 25.1 Å². The predicted molar refractivity (Wildman–Crippen MR) is 102 cm³/mol. The second kappa shape index (κ2) is 7.15. The SMILES string of the molecule is Cc1ccc(NC(=S)N2CC[NH+]([C@@H]3CCS(=O)(=O)C3)CC2)cc1Cl. The van der Waals surface area contributed by atoms with Crippen molar-refractivity contribution in [2.24, 2.45) is 0 Å². The summed E-state index contributed by atoms with van der Waals surface area (Å²) in [6, 6.07) is 6.08. The fourth-order valence-corrected chi connectivity index (χ4v) is 5.70. The number of rotatable bonds is 2. The Morgan fingerprint density at radius 2 is 2.08 bits per heavy atom. The van der Waals surface area contributed by atoms with Gasteiger partial charge >= 0.3 is 0 Å². The summed E-state index contributed by atoms with van der Waals surface area (Å²) in [5.41, 5.74) is 1.93. The molecule has 0 aliphatic carbocycles. The lowest BCUT2D eigenvalue weighted by molar-refractivity contribution is -0.925. The highest BCUT2D eigenvalue weighted by Gasteiger charge is 2.37. The molecule has 0 bridgehead atoms. The molecule has 0 spiro atoms. The molecule has 132 valence electrons. The maximum atomic E-state index is 11.6. The van der Waals surface area contributed by atoms with Crippen molar-refractivity contribution >= 4 is 44.5 Å². The minimum absolute atomic E-state index is 0.259. The lowest BCUT2D eigenvalue weighted by atomic mass is 10.2. The first-order valence-corrected chi connectivity index (χ1v) is 10.8. The Morgan fingerprint density at radius 1 is 1.38 bits per heavy atom. The summed E-state index contributed by atoms with van der Waals surface area (Å²) >= 11 is 11.7. The Kier molecular flexibility index (Phi) is 5.34. The number of benzene rings is 1. The normalized spacial score (nSPS) is 24.1. The van der Waals surface area contributed by atoms with Crippen LogP contribution in [0.4, 0.5) is 5.69 Å². The molecule has 2 saturated heterocycles. The molecule has 0 radical (unpaired) electrons. The van der Waals surface area contributed by atoms with E-state index in [1.54, 1.807) is 0 Å². The fraction of sp³-hybridized carbons (Fsp3) is 0.562. The summed E-state index contributed by atoms with van der Waals surface area (Å²) in [5, 5.41) is 4.67. The topological polar surface area (TPSA) is 53.9 Å². The molecule has 2 aliphatic heterocycles. The van der Waals surface area contributed by atoms with Gasteiger partial charge in [0, 0.05) is 17.1 Å². The number of nitrogens with zero attached hydrogens (tertiary/aromatic N) is 1. The van der Waals surface area contributed by atoms with Crippen molar-refractivity contribution in [2.75, 3.05) is 43.0 Å². The van der Waals surface area contributed by atoms with Crippen LogP contribution in [0.5, 0.6) is 0 Å². The summed E-state index contributed by atoms with van der Waals surface area (Å²) in [4.78, 5) is 3.55. The third-order valence-corrected chi connectivity index (χ3v) is 7.46. The number of halogens is 1. The van der Waals surface area contributed by atoms with Gasteiger partial charge in [-0.2, -0.15) is 0 Å². The molecule has 8 heteroatoms. The molecule has 2 N–H and O–H groups in total. The van der Waals surface area contributed by atoms with Crippen molar-refractivity contribution in [3.05, 3.63) is 28.8 Å². The number of anilines is 1. The Hall–Kier alpha value is -0.890. The van der Waals surface area contributed by atoms with Gasteiger partial charge in [0.2, 0.25) is 0 Å². The maximum Gasteiger partial charge on any atom is 0.173 e. The average Bonchev–Trinajstić information content (AvgIpc) is 2.91. The van der Waals surface area contributed by atoms with E-state index >= 15 is 0 Å². The molecule has 1 aromatic carbocycles. The largest absolute Gasteiger partial charge is 0.338 e. The van der Waals surface area contributed by atoms with Crippen molar-refractivity contribution in [1.29, 1.82) is 0 Å². The van der Waals surface area contributed by atoms with Gasteiger partial charge in [0.15, 0.2) is 14.9 Å². The number of hydrogen-bond acceptors (Lipinski definition) is 3. The van der Waals surface area contributed by atoms with Crippen LogP contribution in [0.1, 0.15) is 12.0 Å². The van der Waals surface area contributed by atoms with E-state index in [1.165, 1.54) is 4.90 Å². The monoisotopic (exact) mass is 388 g/mol. The van der Waals surface area contributed by atoms with Gasteiger partial charge in [-0.1, -0.05) is 17.7 Å². The van der Waals surface area contributed by atoms with Gasteiger partial charge in [0.25, 0.3) is 0 Å². The molecule has 0 aromatic heterocycles. The molecular formula is C16H23ClN3O2S2+. The van der Waals surface area contributed by atoms with E-state index in [9.17, 15) is 8.42 Å². The zero-order valence-corrected chi connectivity index (χ0v) is 16.1. The first kappa shape index (κ1) is 17.9. The predicted octanol–water partition coefficient (Wildman–Crippen LogP) is 0.733. The molecule has 2 heterocycles. The standard InChI is InChI=1S/C16H22ClN3O2S2/c1-12-2-3-13(10-15(12)17)18-16(23)20-7-5-19(6-8-20)14-4-9-24(21,22)11-14/h2-3,10,14H,4-9,11H2,1H3,(H,18,23)/p+1/t14-/m1/s1. The summed E-state index contributed by atoms with van der Waals surface area (Å²) in [5.74, 6) is 0.686. The Bertz CT molecular complexity index is 731. The lowest BCUT2D eigenvalue weighted by Gasteiger charge is -2.36. The van der Waals surface area contributed by atoms with Crippen molar-refractivity contribution in [3.8, 4) is 0 Å². The number of piperazine rings is 1. The van der Waals surface area contributed by atoms with E-state index in [4.69, 9.17) is 23.8 Å². The molecule has 1 aromatic rings. The number of aryl methyl sites for hydroxylation is 1. The quantitative estimate of drug-likeness (QED) is 0.732. The highest BCUT2D eigenvalue weighted by molar-refractivity contribution is 7.91. The van der Waals surface area contributed by atoms with Crippen LogP contribution in [0.25, 0.3) is 0 Å². The van der Waals surface area contributed by atoms with Crippen LogP contribution in [0.15, 0.2) is 18.2 Å². The number of thiocarbonyl (C=S) groups is 1. The molecule has 1 atom stereocenters. The molecule has 0 unspecified atom stereocenters. The van der Waals surface area contributed by atoms with Gasteiger partial charge in [-0.3, -0.25) is 0 Å². The Morgan fingerprint density at radius 3 is 2.67 bits per heavy atom. The molecule has 2 fully saturated rings. The van der Waals surface area contributed by atoms with Gasteiger partial charge in [0.05, 0.1) is 31.9 Å². The smallest absolute Gasteiger partial charge is 0.173 e. The van der Waals surface area contributed by atoms with Crippen molar-refractivity contribution in [3.63, 3.8) is 0 Å². The van der Waals surface area contributed by atoms with Crippen LogP contribution in [0.3, 0.4) is 0 Å². The van der Waals surface area contributed by atoms with E-state index in [-0.39, 0.29) is 6.04 Å². The molecule has 2 aliphatic rings. The van der Waals surface area contributed by atoms with Crippen LogP contribution < -0.4 is 10.2 Å². The highest BCUT2D eigenvalue weighted by Crippen LogP contribution is 2.20. The van der Waals surface area contributed by atoms with Gasteiger partial charge in [-0.05, 0) is 36.8 Å². The third-order valence-electron chi connectivity index (χ3n) is 4.93. The van der Waals surface area contributed by atoms with Crippen molar-refractivity contribution < 1.29 is 13.3 Å². The minimum atomic E-state index is -2.81. The van der Waals surface area contributed by atoms with Gasteiger partial charge in [-0.25, -0.2) is 8.42 Å². The first-order valence-electron chi connectivity index (χ1n) is 8.21. The summed E-state index contributed by atoms with van der Waals surface area (Å²) < 4.78 is 23.3. The summed E-state index contributed by atoms with van der Waals surface area (Å²) in [6.07, 6.45) is 0.794. The molecule has 3 rings (SSSR count). The van der Waals surface area contributed by atoms with E-state index < -0.39 is 9.84 Å². The molecular weight excluding hydrogens is 366 g/mol. The van der Waals surface area contributed by atoms with Gasteiger partial charge < -0.3 is 15.1 Å². The third kappa shape index (κ3) is 4.20. The van der Waals surface area contributed by atoms with Crippen LogP contribution >= 0.6 is 23.8 Å². The van der Waals surface area contributed by atoms with E-state index in [2.05, 4.69) is 10.2 Å². The van der Waals surface area contributed by atoms with Gasteiger partial charge in [-0.15, -0.1) is 0 Å². The average molecular weight is 389 g/mol. The summed E-state index contributed by atoms with van der Waals surface area (Å²) in [6.45, 7) is 5.51. The molecule has 24 heavy (non-hydrogen) atoms. The number of quaternary nitrogens is 1. The Balaban J connectivity index is 1.52. The van der Waals surface area contributed by atoms with Crippen LogP contribution in [0, 0.1) is 6.92 Å². The zero-order valence-electron chi connectivity index (χ0n) is 13.7. The van der Waals surface area contributed by atoms with E-state index in [0.29, 0.717) is 16.6 Å². The Labute approximate surface area is 153 Å². The lowest BCUT2D eigenvalue weighted by Crippen LogP contribution is -3.18. The zero-order chi connectivity index (χ0) is 17.3.